The van der Waals surface area contributed by atoms with Crippen LogP contribution in [0.3, 0.4) is 0 Å². The summed E-state index contributed by atoms with van der Waals surface area (Å²) in [4.78, 5) is 12.0. The van der Waals surface area contributed by atoms with Crippen LogP contribution in [0.2, 0.25) is 5.02 Å². The van der Waals surface area contributed by atoms with Gasteiger partial charge in [0.2, 0.25) is 0 Å². The molecule has 0 bridgehead atoms. The lowest BCUT2D eigenvalue weighted by Crippen LogP contribution is -2.25. The van der Waals surface area contributed by atoms with Crippen LogP contribution in [0.5, 0.6) is 0 Å². The zero-order valence-corrected chi connectivity index (χ0v) is 13.7. The van der Waals surface area contributed by atoms with Gasteiger partial charge in [0.15, 0.2) is 0 Å². The summed E-state index contributed by atoms with van der Waals surface area (Å²) < 4.78 is 10.2. The third-order valence-electron chi connectivity index (χ3n) is 3.15. The number of amides is 1. The van der Waals surface area contributed by atoms with Gasteiger partial charge in [0.05, 0.1) is 18.9 Å². The van der Waals surface area contributed by atoms with Crippen LogP contribution in [0.25, 0.3) is 11.3 Å². The molecule has 1 aromatic heterocycles. The molecule has 0 fully saturated rings. The lowest BCUT2D eigenvalue weighted by Gasteiger charge is -2.04. The number of ether oxygens (including phenoxy) is 2. The Balaban J connectivity index is 1.76. The molecular formula is C16H20ClN3O3. The Bertz CT molecular complexity index is 613. The lowest BCUT2D eigenvalue weighted by atomic mass is 10.1. The fourth-order valence-corrected chi connectivity index (χ4v) is 2.05. The van der Waals surface area contributed by atoms with Crippen molar-refractivity contribution < 1.29 is 14.3 Å². The summed E-state index contributed by atoms with van der Waals surface area (Å²) in [5.74, 6) is -0.186. The zero-order chi connectivity index (χ0) is 16.5. The van der Waals surface area contributed by atoms with Gasteiger partial charge < -0.3 is 14.8 Å². The molecule has 1 amide bonds. The number of hydrogen-bond acceptors (Lipinski definition) is 4. The zero-order valence-electron chi connectivity index (χ0n) is 13.0. The van der Waals surface area contributed by atoms with Gasteiger partial charge in [-0.05, 0) is 24.6 Å². The number of carbonyl (C=O) groups is 1. The van der Waals surface area contributed by atoms with Gasteiger partial charge in [0.1, 0.15) is 5.69 Å². The number of rotatable bonds is 9. The topological polar surface area (TPSA) is 76.2 Å². The maximum Gasteiger partial charge on any atom is 0.269 e. The molecule has 2 N–H and O–H groups in total. The molecule has 2 rings (SSSR count). The Labute approximate surface area is 140 Å². The van der Waals surface area contributed by atoms with Gasteiger partial charge in [0, 0.05) is 30.8 Å². The number of aromatic nitrogens is 2. The number of halogens is 1. The summed E-state index contributed by atoms with van der Waals surface area (Å²) in [6.45, 7) is 2.27. The van der Waals surface area contributed by atoms with Crippen LogP contribution in [0, 0.1) is 0 Å². The highest BCUT2D eigenvalue weighted by Gasteiger charge is 2.10. The molecule has 1 heterocycles. The highest BCUT2D eigenvalue weighted by Crippen LogP contribution is 2.20. The van der Waals surface area contributed by atoms with Gasteiger partial charge in [0.25, 0.3) is 5.91 Å². The third-order valence-corrected chi connectivity index (χ3v) is 3.40. The van der Waals surface area contributed by atoms with Gasteiger partial charge >= 0.3 is 0 Å². The maximum absolute atomic E-state index is 12.0. The van der Waals surface area contributed by atoms with Gasteiger partial charge in [-0.25, -0.2) is 0 Å². The van der Waals surface area contributed by atoms with Crippen LogP contribution < -0.4 is 5.32 Å². The number of nitrogens with zero attached hydrogens (tertiary/aromatic N) is 1. The first-order valence-corrected chi connectivity index (χ1v) is 7.74. The van der Waals surface area contributed by atoms with E-state index in [0.717, 1.165) is 12.0 Å². The fraction of sp³-hybridized carbons (Fsp3) is 0.375. The van der Waals surface area contributed by atoms with E-state index in [1.165, 1.54) is 0 Å². The second kappa shape index (κ2) is 9.29. The molecule has 0 radical (unpaired) electrons. The van der Waals surface area contributed by atoms with Crippen molar-refractivity contribution in [2.75, 3.05) is 33.5 Å². The first kappa shape index (κ1) is 17.5. The van der Waals surface area contributed by atoms with E-state index in [0.29, 0.717) is 42.8 Å². The lowest BCUT2D eigenvalue weighted by molar-refractivity contribution is 0.0688. The average Bonchev–Trinajstić information content (AvgIpc) is 3.04. The van der Waals surface area contributed by atoms with E-state index in [1.54, 1.807) is 25.3 Å². The van der Waals surface area contributed by atoms with Crippen LogP contribution in [-0.4, -0.2) is 49.6 Å². The fourth-order valence-electron chi connectivity index (χ4n) is 1.92. The number of carbonyl (C=O) groups excluding carboxylic acids is 1. The quantitative estimate of drug-likeness (QED) is 0.689. The van der Waals surface area contributed by atoms with E-state index in [4.69, 9.17) is 21.1 Å². The molecule has 0 saturated heterocycles. The van der Waals surface area contributed by atoms with Crippen molar-refractivity contribution in [1.29, 1.82) is 0 Å². The van der Waals surface area contributed by atoms with Crippen molar-refractivity contribution >= 4 is 17.5 Å². The van der Waals surface area contributed by atoms with Gasteiger partial charge in [-0.2, -0.15) is 5.10 Å². The minimum absolute atomic E-state index is 0.186. The molecule has 0 spiro atoms. The molecule has 2 aromatic rings. The summed E-state index contributed by atoms with van der Waals surface area (Å²) >= 11 is 5.86. The van der Waals surface area contributed by atoms with Gasteiger partial charge in [-0.1, -0.05) is 23.7 Å². The summed E-state index contributed by atoms with van der Waals surface area (Å²) in [5, 5.41) is 10.4. The van der Waals surface area contributed by atoms with Crippen LogP contribution in [-0.2, 0) is 9.47 Å². The van der Waals surface area contributed by atoms with E-state index in [1.807, 2.05) is 12.1 Å². The standard InChI is InChI=1S/C16H20ClN3O3/c1-22-9-10-23-8-2-7-18-16(21)15-11-14(19-20-15)12-3-5-13(17)6-4-12/h3-6,11H,2,7-10H2,1H3,(H,18,21)(H,19,20). The molecule has 0 aliphatic carbocycles. The van der Waals surface area contributed by atoms with Crippen LogP contribution in [0.4, 0.5) is 0 Å². The average molecular weight is 338 g/mol. The maximum atomic E-state index is 12.0. The number of benzene rings is 1. The molecule has 0 atom stereocenters. The van der Waals surface area contributed by atoms with Crippen molar-refractivity contribution in [2.24, 2.45) is 0 Å². The van der Waals surface area contributed by atoms with Crippen molar-refractivity contribution in [3.05, 3.63) is 41.0 Å². The summed E-state index contributed by atoms with van der Waals surface area (Å²) in [7, 11) is 1.63. The first-order chi connectivity index (χ1) is 11.2. The molecule has 1 aromatic carbocycles. The van der Waals surface area contributed by atoms with Crippen LogP contribution in [0.1, 0.15) is 16.9 Å². The normalized spacial score (nSPS) is 10.7. The summed E-state index contributed by atoms with van der Waals surface area (Å²) in [6, 6.07) is 9.01. The number of aromatic amines is 1. The molecule has 0 aliphatic rings. The van der Waals surface area contributed by atoms with E-state index in [9.17, 15) is 4.79 Å². The van der Waals surface area contributed by atoms with Crippen LogP contribution >= 0.6 is 11.6 Å². The number of nitrogens with one attached hydrogen (secondary N) is 2. The molecule has 7 heteroatoms. The second-order valence-corrected chi connectivity index (χ2v) is 5.32. The van der Waals surface area contributed by atoms with Crippen molar-refractivity contribution in [1.82, 2.24) is 15.5 Å². The SMILES string of the molecule is COCCOCCCNC(=O)c1cc(-c2ccc(Cl)cc2)n[nH]1. The predicted octanol–water partition coefficient (Wildman–Crippen LogP) is 2.51. The minimum Gasteiger partial charge on any atom is -0.382 e. The van der Waals surface area contributed by atoms with E-state index >= 15 is 0 Å². The largest absolute Gasteiger partial charge is 0.382 e. The van der Waals surface area contributed by atoms with Crippen molar-refractivity contribution in [2.45, 2.75) is 6.42 Å². The highest BCUT2D eigenvalue weighted by molar-refractivity contribution is 6.30. The molecule has 0 aliphatic heterocycles. The monoisotopic (exact) mass is 337 g/mol. The third kappa shape index (κ3) is 5.67. The van der Waals surface area contributed by atoms with E-state index in [-0.39, 0.29) is 5.91 Å². The summed E-state index contributed by atoms with van der Waals surface area (Å²) in [5.41, 5.74) is 2.03. The first-order valence-electron chi connectivity index (χ1n) is 7.37. The Morgan fingerprint density at radius 3 is 2.78 bits per heavy atom. The molecular weight excluding hydrogens is 318 g/mol. The number of methoxy groups -OCH3 is 1. The Morgan fingerprint density at radius 2 is 2.04 bits per heavy atom. The second-order valence-electron chi connectivity index (χ2n) is 4.89. The van der Waals surface area contributed by atoms with Crippen LogP contribution in [0.15, 0.2) is 30.3 Å². The Hall–Kier alpha value is -1.89. The summed E-state index contributed by atoms with van der Waals surface area (Å²) in [6.07, 6.45) is 0.744. The highest BCUT2D eigenvalue weighted by atomic mass is 35.5. The minimum atomic E-state index is -0.186. The molecule has 23 heavy (non-hydrogen) atoms. The molecule has 0 saturated carbocycles. The Morgan fingerprint density at radius 1 is 1.26 bits per heavy atom. The van der Waals surface area contributed by atoms with Gasteiger partial charge in [-0.15, -0.1) is 0 Å². The molecule has 6 nitrogen and oxygen atoms in total. The van der Waals surface area contributed by atoms with E-state index in [2.05, 4.69) is 15.5 Å². The Kier molecular flexibility index (Phi) is 7.06. The molecule has 0 unspecified atom stereocenters. The van der Waals surface area contributed by atoms with E-state index < -0.39 is 0 Å². The van der Waals surface area contributed by atoms with Crippen molar-refractivity contribution in [3.8, 4) is 11.3 Å². The molecule has 124 valence electrons. The smallest absolute Gasteiger partial charge is 0.269 e. The predicted molar refractivity (Wildman–Crippen MR) is 88.7 cm³/mol. The number of hydrogen-bond donors (Lipinski definition) is 2. The van der Waals surface area contributed by atoms with Crippen molar-refractivity contribution in [3.63, 3.8) is 0 Å². The van der Waals surface area contributed by atoms with Gasteiger partial charge in [-0.3, -0.25) is 9.89 Å². The number of H-pyrrole nitrogens is 1.